The summed E-state index contributed by atoms with van der Waals surface area (Å²) in [5.74, 6) is -5.22. The van der Waals surface area contributed by atoms with Gasteiger partial charge >= 0.3 is 11.9 Å². The van der Waals surface area contributed by atoms with Crippen molar-refractivity contribution in [2.24, 2.45) is 22.2 Å². The molecule has 18 nitrogen and oxygen atoms in total. The van der Waals surface area contributed by atoms with E-state index in [0.29, 0.717) is 23.4 Å². The molecule has 0 aliphatic carbocycles. The number of amides is 4. The number of benzene rings is 1. The first kappa shape index (κ1) is 41.0. The molecular formula is C31H46N10O8S. The van der Waals surface area contributed by atoms with Gasteiger partial charge in [0, 0.05) is 37.7 Å². The summed E-state index contributed by atoms with van der Waals surface area (Å²) < 4.78 is 0. The number of rotatable bonds is 23. The zero-order valence-electron chi connectivity index (χ0n) is 27.7. The number of thioether (sulfide) groups is 1. The Balaban J connectivity index is 2.33. The second kappa shape index (κ2) is 21.7. The van der Waals surface area contributed by atoms with Crippen molar-refractivity contribution in [3.05, 3.63) is 54.1 Å². The second-order valence-electron chi connectivity index (χ2n) is 11.3. The third-order valence-corrected chi connectivity index (χ3v) is 7.98. The molecule has 13 N–H and O–H groups in total. The van der Waals surface area contributed by atoms with Gasteiger partial charge in [-0.15, -0.1) is 0 Å². The van der Waals surface area contributed by atoms with Crippen molar-refractivity contribution in [1.82, 2.24) is 31.2 Å². The summed E-state index contributed by atoms with van der Waals surface area (Å²) in [6, 6.07) is 2.40. The molecule has 0 aliphatic rings. The Morgan fingerprint density at radius 3 is 2.00 bits per heavy atom. The number of H-pyrrole nitrogens is 1. The summed E-state index contributed by atoms with van der Waals surface area (Å²) in [7, 11) is 0. The zero-order valence-corrected chi connectivity index (χ0v) is 28.5. The Hall–Kier alpha value is -5.17. The van der Waals surface area contributed by atoms with E-state index in [2.05, 4.69) is 36.2 Å². The highest BCUT2D eigenvalue weighted by Gasteiger charge is 2.32. The molecule has 0 unspecified atom stereocenters. The molecule has 0 saturated carbocycles. The third-order valence-electron chi connectivity index (χ3n) is 7.34. The van der Waals surface area contributed by atoms with Crippen molar-refractivity contribution < 1.29 is 39.0 Å². The molecule has 0 fully saturated rings. The number of imidazole rings is 1. The van der Waals surface area contributed by atoms with E-state index in [9.17, 15) is 39.0 Å². The van der Waals surface area contributed by atoms with Gasteiger partial charge in [-0.3, -0.25) is 29.0 Å². The van der Waals surface area contributed by atoms with Crippen LogP contribution in [0.1, 0.15) is 43.4 Å². The van der Waals surface area contributed by atoms with Crippen LogP contribution in [0, 0.1) is 0 Å². The molecule has 0 aliphatic heterocycles. The zero-order chi connectivity index (χ0) is 37.1. The van der Waals surface area contributed by atoms with Crippen LogP contribution in [-0.2, 0) is 41.6 Å². The third kappa shape index (κ3) is 15.4. The molecule has 0 saturated heterocycles. The van der Waals surface area contributed by atoms with Crippen LogP contribution < -0.4 is 38.5 Å². The maximum atomic E-state index is 13.8. The van der Waals surface area contributed by atoms with Crippen molar-refractivity contribution in [2.45, 2.75) is 75.2 Å². The van der Waals surface area contributed by atoms with E-state index in [0.717, 1.165) is 0 Å². The van der Waals surface area contributed by atoms with Gasteiger partial charge in [0.25, 0.3) is 0 Å². The van der Waals surface area contributed by atoms with Crippen LogP contribution in [0.4, 0.5) is 0 Å². The van der Waals surface area contributed by atoms with Crippen molar-refractivity contribution in [3.63, 3.8) is 0 Å². The van der Waals surface area contributed by atoms with Gasteiger partial charge in [-0.1, -0.05) is 30.3 Å². The molecule has 5 atom stereocenters. The summed E-state index contributed by atoms with van der Waals surface area (Å²) in [6.07, 6.45) is 4.26. The fraction of sp³-hybridized carbons (Fsp3) is 0.484. The average molecular weight is 719 g/mol. The first-order valence-corrected chi connectivity index (χ1v) is 17.2. The predicted octanol–water partition coefficient (Wildman–Crippen LogP) is -1.78. The predicted molar refractivity (Wildman–Crippen MR) is 186 cm³/mol. The molecule has 0 bridgehead atoms. The summed E-state index contributed by atoms with van der Waals surface area (Å²) in [5, 5.41) is 29.2. The van der Waals surface area contributed by atoms with Crippen molar-refractivity contribution in [1.29, 1.82) is 0 Å². The Morgan fingerprint density at radius 1 is 0.840 bits per heavy atom. The van der Waals surface area contributed by atoms with Crippen LogP contribution in [0.15, 0.2) is 47.8 Å². The maximum absolute atomic E-state index is 13.8. The Bertz CT molecular complexity index is 1440. The molecule has 1 aromatic heterocycles. The number of carboxylic acids is 2. The number of carbonyl (C=O) groups is 6. The van der Waals surface area contributed by atoms with E-state index in [1.165, 1.54) is 24.3 Å². The molecule has 2 rings (SSSR count). The van der Waals surface area contributed by atoms with E-state index >= 15 is 0 Å². The normalized spacial score (nSPS) is 13.8. The van der Waals surface area contributed by atoms with Gasteiger partial charge in [-0.25, -0.2) is 9.78 Å². The highest BCUT2D eigenvalue weighted by Crippen LogP contribution is 2.09. The number of aliphatic imine (C=N–C) groups is 1. The number of hydrogen-bond donors (Lipinski definition) is 10. The van der Waals surface area contributed by atoms with E-state index in [-0.39, 0.29) is 44.6 Å². The first-order valence-electron chi connectivity index (χ1n) is 15.8. The van der Waals surface area contributed by atoms with Gasteiger partial charge in [-0.2, -0.15) is 11.8 Å². The highest BCUT2D eigenvalue weighted by atomic mass is 32.2. The molecule has 4 amide bonds. The van der Waals surface area contributed by atoms with Crippen molar-refractivity contribution in [2.75, 3.05) is 18.6 Å². The Labute approximate surface area is 293 Å². The van der Waals surface area contributed by atoms with E-state index in [4.69, 9.17) is 17.2 Å². The number of nitrogens with one attached hydrogen (secondary N) is 5. The molecule has 0 radical (unpaired) electrons. The number of carboxylic acid groups (broad SMARTS) is 2. The topological polar surface area (TPSA) is 310 Å². The highest BCUT2D eigenvalue weighted by molar-refractivity contribution is 7.98. The van der Waals surface area contributed by atoms with Gasteiger partial charge < -0.3 is 53.7 Å². The summed E-state index contributed by atoms with van der Waals surface area (Å²) >= 11 is 1.48. The molecule has 274 valence electrons. The molecule has 50 heavy (non-hydrogen) atoms. The largest absolute Gasteiger partial charge is 0.481 e. The molecule has 1 aromatic carbocycles. The van der Waals surface area contributed by atoms with E-state index < -0.39 is 72.2 Å². The quantitative estimate of drug-likeness (QED) is 0.0346. The number of hydrogen-bond acceptors (Lipinski definition) is 10. The van der Waals surface area contributed by atoms with Crippen LogP contribution in [-0.4, -0.2) is 110 Å². The van der Waals surface area contributed by atoms with Gasteiger partial charge in [0.2, 0.25) is 23.6 Å². The molecular weight excluding hydrogens is 672 g/mol. The van der Waals surface area contributed by atoms with Crippen LogP contribution in [0.5, 0.6) is 0 Å². The van der Waals surface area contributed by atoms with E-state index in [1.54, 1.807) is 30.3 Å². The van der Waals surface area contributed by atoms with Crippen LogP contribution in [0.25, 0.3) is 0 Å². The van der Waals surface area contributed by atoms with Crippen molar-refractivity contribution >= 4 is 53.3 Å². The standard InChI is InChI=1S/C31H46N10O8S/c1-50-13-11-20(32)26(44)38-21(9-10-25(42)43)27(45)41-24(15-19-16-35-17-37-19)29(47)40-23(14-18-6-3-2-4-7-18)28(46)39-22(30(48)49)8-5-12-36-31(33)34/h2-4,6-7,16-17,20-24H,5,8-15,32H2,1H3,(H,35,37)(H,38,44)(H,39,46)(H,40,47)(H,41,45)(H,42,43)(H,48,49)(H4,33,34,36)/t20-,21-,22-,23-,24-/m0/s1. The van der Waals surface area contributed by atoms with E-state index in [1.807, 2.05) is 6.26 Å². The lowest BCUT2D eigenvalue weighted by atomic mass is 10.0. The van der Waals surface area contributed by atoms with Crippen LogP contribution in [0.2, 0.25) is 0 Å². The van der Waals surface area contributed by atoms with Gasteiger partial charge in [0.05, 0.1) is 12.4 Å². The monoisotopic (exact) mass is 718 g/mol. The summed E-state index contributed by atoms with van der Waals surface area (Å²) in [5.41, 5.74) is 17.7. The molecule has 19 heteroatoms. The number of aromatic nitrogens is 2. The smallest absolute Gasteiger partial charge is 0.326 e. The molecule has 0 spiro atoms. The number of aliphatic carboxylic acids is 2. The first-order chi connectivity index (χ1) is 23.8. The maximum Gasteiger partial charge on any atom is 0.326 e. The summed E-state index contributed by atoms with van der Waals surface area (Å²) in [4.78, 5) is 87.6. The summed E-state index contributed by atoms with van der Waals surface area (Å²) in [6.45, 7) is 0.138. The number of nitrogens with two attached hydrogens (primary N) is 3. The molecule has 1 heterocycles. The number of carbonyl (C=O) groups excluding carboxylic acids is 4. The Morgan fingerprint density at radius 2 is 1.44 bits per heavy atom. The molecule has 2 aromatic rings. The lowest BCUT2D eigenvalue weighted by molar-refractivity contribution is -0.142. The van der Waals surface area contributed by atoms with Crippen LogP contribution >= 0.6 is 11.8 Å². The minimum Gasteiger partial charge on any atom is -0.481 e. The number of guanidine groups is 1. The van der Waals surface area contributed by atoms with Gasteiger partial charge in [0.15, 0.2) is 5.96 Å². The second-order valence-corrected chi connectivity index (χ2v) is 12.3. The van der Waals surface area contributed by atoms with Crippen molar-refractivity contribution in [3.8, 4) is 0 Å². The van der Waals surface area contributed by atoms with Gasteiger partial charge in [0.1, 0.15) is 24.2 Å². The fourth-order valence-corrected chi connectivity index (χ4v) is 5.14. The van der Waals surface area contributed by atoms with Crippen LogP contribution in [0.3, 0.4) is 0 Å². The number of aromatic amines is 1. The lowest BCUT2D eigenvalue weighted by Crippen LogP contribution is -2.59. The minimum atomic E-state index is -1.35. The SMILES string of the molecule is CSCC[C@H](N)C(=O)N[C@@H](CCC(=O)O)C(=O)N[C@@H](Cc1cnc[nH]1)C(=O)N[C@@H](Cc1ccccc1)C(=O)N[C@@H](CCCN=C(N)N)C(=O)O. The number of nitrogens with zero attached hydrogens (tertiary/aromatic N) is 2. The minimum absolute atomic E-state index is 0.00719. The lowest BCUT2D eigenvalue weighted by Gasteiger charge is -2.26. The fourth-order valence-electron chi connectivity index (χ4n) is 4.65. The Kier molecular flexibility index (Phi) is 17.8. The average Bonchev–Trinajstić information content (AvgIpc) is 3.59. The van der Waals surface area contributed by atoms with Gasteiger partial charge in [-0.05, 0) is 43.3 Å².